The summed E-state index contributed by atoms with van der Waals surface area (Å²) in [5.41, 5.74) is 11.3. The van der Waals surface area contributed by atoms with Crippen LogP contribution >= 0.6 is 0 Å². The number of hydrogen-bond acceptors (Lipinski definition) is 4. The van der Waals surface area contributed by atoms with Crippen molar-refractivity contribution in [2.24, 2.45) is 0 Å². The number of methoxy groups -OCH3 is 1. The number of fused-ring (bicyclic) bond motifs is 3. The van der Waals surface area contributed by atoms with Crippen molar-refractivity contribution in [1.82, 2.24) is 19.3 Å². The molecular weight excluding hydrogens is 699 g/mol. The summed E-state index contributed by atoms with van der Waals surface area (Å²) < 4.78 is 16.2. The van der Waals surface area contributed by atoms with Crippen molar-refractivity contribution in [3.05, 3.63) is 125 Å². The van der Waals surface area contributed by atoms with E-state index >= 15 is 0 Å². The normalized spacial score (nSPS) is 11.5. The van der Waals surface area contributed by atoms with Crippen LogP contribution in [0, 0.1) is 32.9 Å². The van der Waals surface area contributed by atoms with Crippen LogP contribution in [-0.2, 0) is 20.4 Å². The van der Waals surface area contributed by atoms with Crippen LogP contribution in [0.3, 0.4) is 0 Å². The van der Waals surface area contributed by atoms with Crippen LogP contribution in [0.5, 0.6) is 17.2 Å². The molecule has 0 spiro atoms. The van der Waals surface area contributed by atoms with Crippen LogP contribution in [0.2, 0.25) is 0 Å². The molecule has 0 fully saturated rings. The molecule has 7 rings (SSSR count). The zero-order valence-electron chi connectivity index (χ0n) is 29.2. The van der Waals surface area contributed by atoms with Gasteiger partial charge in [0.1, 0.15) is 11.6 Å². The van der Waals surface area contributed by atoms with Crippen molar-refractivity contribution < 1.29 is 29.9 Å². The molecular formula is C42H40N4O2Pd. The van der Waals surface area contributed by atoms with Crippen LogP contribution in [-0.4, -0.2) is 26.4 Å². The maximum Gasteiger partial charge on any atom is 2.00 e. The molecule has 0 unspecified atom stereocenters. The van der Waals surface area contributed by atoms with E-state index in [0.29, 0.717) is 11.5 Å². The first-order chi connectivity index (χ1) is 23.1. The zero-order chi connectivity index (χ0) is 33.7. The Labute approximate surface area is 302 Å². The summed E-state index contributed by atoms with van der Waals surface area (Å²) in [6.45, 7) is 15.5. The van der Waals surface area contributed by atoms with Gasteiger partial charge in [-0.15, -0.1) is 35.7 Å². The molecule has 0 bridgehead atoms. The van der Waals surface area contributed by atoms with E-state index in [1.54, 1.807) is 13.3 Å². The third-order valence-corrected chi connectivity index (χ3v) is 8.91. The van der Waals surface area contributed by atoms with Gasteiger partial charge in [-0.05, 0) is 72.5 Å². The summed E-state index contributed by atoms with van der Waals surface area (Å²) in [4.78, 5) is 4.68. The van der Waals surface area contributed by atoms with Crippen LogP contribution in [0.25, 0.3) is 44.4 Å². The van der Waals surface area contributed by atoms with Crippen molar-refractivity contribution in [2.75, 3.05) is 7.11 Å². The number of aryl methyl sites for hydroxylation is 3. The largest absolute Gasteiger partial charge is 2.00 e. The van der Waals surface area contributed by atoms with E-state index in [1.807, 2.05) is 48.5 Å². The van der Waals surface area contributed by atoms with Crippen molar-refractivity contribution in [2.45, 2.75) is 60.3 Å². The minimum atomic E-state index is 0. The molecule has 0 N–H and O–H groups in total. The smallest absolute Gasteiger partial charge is 0.509 e. The molecule has 0 atom stereocenters. The Morgan fingerprint density at radius 2 is 1.47 bits per heavy atom. The zero-order valence-corrected chi connectivity index (χ0v) is 30.7. The fourth-order valence-corrected chi connectivity index (χ4v) is 6.96. The topological polar surface area (TPSA) is 54.1 Å². The van der Waals surface area contributed by atoms with E-state index in [1.165, 1.54) is 33.5 Å². The molecule has 3 aromatic heterocycles. The monoisotopic (exact) mass is 738 g/mol. The Hall–Kier alpha value is -4.70. The molecule has 49 heavy (non-hydrogen) atoms. The van der Waals surface area contributed by atoms with Crippen molar-refractivity contribution >= 4 is 21.8 Å². The van der Waals surface area contributed by atoms with E-state index < -0.39 is 0 Å². The van der Waals surface area contributed by atoms with Gasteiger partial charge < -0.3 is 14.0 Å². The minimum Gasteiger partial charge on any atom is -0.509 e. The number of rotatable bonds is 8. The standard InChI is InChI=1S/C42H40N4O2.Pd/c1-25(2)41-40(39-28(6)20-27(5)21-29(39)7)42(26(3)4)46(44-41)30-12-11-13-32(22-30)48-33-16-17-35-34-14-9-10-15-36(34)45(37(35)23-33)38-24-31(47-8)18-19-43-38;/h9-21,24-26H,1-8H3;/q-2;+2. The molecule has 0 aliphatic heterocycles. The molecule has 6 nitrogen and oxygen atoms in total. The van der Waals surface area contributed by atoms with Gasteiger partial charge in [0, 0.05) is 34.8 Å². The van der Waals surface area contributed by atoms with Gasteiger partial charge in [-0.1, -0.05) is 69.1 Å². The number of para-hydroxylation sites is 1. The summed E-state index contributed by atoms with van der Waals surface area (Å²) in [7, 11) is 1.66. The summed E-state index contributed by atoms with van der Waals surface area (Å²) in [5, 5.41) is 7.44. The summed E-state index contributed by atoms with van der Waals surface area (Å²) >= 11 is 0. The second-order valence-corrected chi connectivity index (χ2v) is 13.1. The predicted molar refractivity (Wildman–Crippen MR) is 194 cm³/mol. The van der Waals surface area contributed by atoms with Crippen LogP contribution in [0.1, 0.15) is 67.6 Å². The molecule has 0 saturated heterocycles. The summed E-state index contributed by atoms with van der Waals surface area (Å²) in [6, 6.07) is 33.7. The fraction of sp³-hybridized carbons (Fsp3) is 0.238. The average Bonchev–Trinajstić information content (AvgIpc) is 3.61. The third kappa shape index (κ3) is 6.18. The molecule has 7 aromatic rings. The third-order valence-electron chi connectivity index (χ3n) is 8.91. The van der Waals surface area contributed by atoms with Gasteiger partial charge in [-0.25, -0.2) is 4.98 Å². The van der Waals surface area contributed by atoms with Crippen molar-refractivity contribution in [1.29, 1.82) is 0 Å². The Bertz CT molecular complexity index is 2290. The SMILES string of the molecule is COc1ccnc(-n2c3[c-]c(Oc4[c-]c(-n5nc(C(C)C)c(-c6c(C)cc(C)cc6C)c5C(C)C)ccc4)ccc3c3ccccc32)c1.[Pd+2]. The van der Waals surface area contributed by atoms with Crippen molar-refractivity contribution in [3.8, 4) is 39.9 Å². The van der Waals surface area contributed by atoms with Gasteiger partial charge in [-0.2, -0.15) is 17.2 Å². The molecule has 4 aromatic carbocycles. The van der Waals surface area contributed by atoms with E-state index in [2.05, 4.69) is 105 Å². The molecule has 0 radical (unpaired) electrons. The van der Waals surface area contributed by atoms with Crippen LogP contribution in [0.15, 0.2) is 85.1 Å². The van der Waals surface area contributed by atoms with E-state index in [4.69, 9.17) is 14.6 Å². The predicted octanol–water partition coefficient (Wildman–Crippen LogP) is 10.6. The summed E-state index contributed by atoms with van der Waals surface area (Å²) in [6.07, 6.45) is 1.76. The molecule has 3 heterocycles. The van der Waals surface area contributed by atoms with Gasteiger partial charge in [-0.3, -0.25) is 4.68 Å². The van der Waals surface area contributed by atoms with Gasteiger partial charge in [0.2, 0.25) is 0 Å². The number of aromatic nitrogens is 4. The number of pyridine rings is 1. The number of ether oxygens (including phenoxy) is 2. The molecule has 0 aliphatic rings. The first kappa shape index (κ1) is 34.2. The molecule has 0 saturated carbocycles. The first-order valence-corrected chi connectivity index (χ1v) is 16.5. The molecule has 0 aliphatic carbocycles. The molecule has 250 valence electrons. The van der Waals surface area contributed by atoms with Gasteiger partial charge in [0.15, 0.2) is 0 Å². The Morgan fingerprint density at radius 3 is 2.18 bits per heavy atom. The number of nitrogens with zero attached hydrogens (tertiary/aromatic N) is 4. The van der Waals surface area contributed by atoms with Gasteiger partial charge >= 0.3 is 20.4 Å². The van der Waals surface area contributed by atoms with Crippen molar-refractivity contribution in [3.63, 3.8) is 0 Å². The van der Waals surface area contributed by atoms with Crippen LogP contribution in [0.4, 0.5) is 0 Å². The average molecular weight is 739 g/mol. The minimum absolute atomic E-state index is 0. The summed E-state index contributed by atoms with van der Waals surface area (Å²) in [5.74, 6) is 3.12. The van der Waals surface area contributed by atoms with Gasteiger partial charge in [0.25, 0.3) is 0 Å². The Kier molecular flexibility index (Phi) is 9.53. The number of benzene rings is 4. The first-order valence-electron chi connectivity index (χ1n) is 16.5. The Morgan fingerprint density at radius 1 is 0.735 bits per heavy atom. The van der Waals surface area contributed by atoms with Gasteiger partial charge in [0.05, 0.1) is 18.5 Å². The van der Waals surface area contributed by atoms with Crippen LogP contribution < -0.4 is 9.47 Å². The van der Waals surface area contributed by atoms with E-state index in [9.17, 15) is 0 Å². The number of hydrogen-bond donors (Lipinski definition) is 0. The van der Waals surface area contributed by atoms with E-state index in [-0.39, 0.29) is 32.3 Å². The quantitative estimate of drug-likeness (QED) is 0.115. The Balaban J connectivity index is 0.00000417. The second-order valence-electron chi connectivity index (χ2n) is 13.1. The molecule has 7 heteroatoms. The fourth-order valence-electron chi connectivity index (χ4n) is 6.96. The second kappa shape index (κ2) is 13.7. The molecule has 0 amide bonds. The maximum atomic E-state index is 6.49. The van der Waals surface area contributed by atoms with E-state index in [0.717, 1.165) is 44.8 Å². The maximum absolute atomic E-state index is 6.49.